The third kappa shape index (κ3) is 3.27. The molecule has 0 bridgehead atoms. The molecule has 4 heteroatoms. The van der Waals surface area contributed by atoms with Gasteiger partial charge in [0, 0.05) is 36.0 Å². The van der Waals surface area contributed by atoms with E-state index in [1.807, 2.05) is 47.4 Å². The zero-order valence-electron chi connectivity index (χ0n) is 16.0. The Morgan fingerprint density at radius 3 is 2.78 bits per heavy atom. The highest BCUT2D eigenvalue weighted by molar-refractivity contribution is 5.94. The Balaban J connectivity index is 1.64. The molecule has 1 saturated carbocycles. The van der Waals surface area contributed by atoms with E-state index in [0.29, 0.717) is 13.0 Å². The van der Waals surface area contributed by atoms with Crippen LogP contribution in [0.2, 0.25) is 0 Å². The van der Waals surface area contributed by atoms with Gasteiger partial charge in [0.1, 0.15) is 0 Å². The molecule has 4 rings (SSSR count). The minimum absolute atomic E-state index is 0.0825. The molecule has 1 aliphatic heterocycles. The summed E-state index contributed by atoms with van der Waals surface area (Å²) < 4.78 is 0. The molecule has 1 saturated heterocycles. The number of aliphatic hydroxyl groups is 1. The fraction of sp³-hybridized carbons (Fsp3) is 0.478. The molecule has 27 heavy (non-hydrogen) atoms. The Morgan fingerprint density at radius 1 is 1.22 bits per heavy atom. The Bertz CT molecular complexity index is 807. The largest absolute Gasteiger partial charge is 0.385 e. The number of piperidine rings is 1. The fourth-order valence-electron chi connectivity index (χ4n) is 4.99. The van der Waals surface area contributed by atoms with E-state index in [4.69, 9.17) is 0 Å². The molecule has 1 aromatic heterocycles. The number of carbonyl (C=O) groups is 1. The molecule has 1 N–H and O–H groups in total. The van der Waals surface area contributed by atoms with E-state index in [1.54, 1.807) is 6.20 Å². The van der Waals surface area contributed by atoms with Crippen LogP contribution >= 0.6 is 0 Å². The van der Waals surface area contributed by atoms with Gasteiger partial charge in [0.05, 0.1) is 5.60 Å². The molecule has 1 amide bonds. The van der Waals surface area contributed by atoms with Crippen molar-refractivity contribution < 1.29 is 9.90 Å². The maximum absolute atomic E-state index is 13.3. The van der Waals surface area contributed by atoms with Crippen LogP contribution in [0.5, 0.6) is 0 Å². The maximum atomic E-state index is 13.3. The van der Waals surface area contributed by atoms with Crippen molar-refractivity contribution in [2.75, 3.05) is 6.54 Å². The summed E-state index contributed by atoms with van der Waals surface area (Å²) in [5, 5.41) is 11.6. The smallest absolute Gasteiger partial charge is 0.254 e. The predicted octanol–water partition coefficient (Wildman–Crippen LogP) is 3.94. The average Bonchev–Trinajstić information content (AvgIpc) is 2.74. The van der Waals surface area contributed by atoms with Gasteiger partial charge in [-0.25, -0.2) is 0 Å². The summed E-state index contributed by atoms with van der Waals surface area (Å²) in [7, 11) is 0. The van der Waals surface area contributed by atoms with Crippen molar-refractivity contribution in [2.24, 2.45) is 5.92 Å². The lowest BCUT2D eigenvalue weighted by atomic mass is 9.66. The monoisotopic (exact) mass is 364 g/mol. The number of benzene rings is 1. The van der Waals surface area contributed by atoms with Gasteiger partial charge in [-0.15, -0.1) is 0 Å². The molecule has 4 nitrogen and oxygen atoms in total. The molecule has 142 valence electrons. The molecule has 0 radical (unpaired) electrons. The van der Waals surface area contributed by atoms with Crippen molar-refractivity contribution in [2.45, 2.75) is 57.1 Å². The molecule has 2 aliphatic rings. The molecular formula is C23H28N2O2. The van der Waals surface area contributed by atoms with E-state index >= 15 is 0 Å². The zero-order chi connectivity index (χ0) is 18.9. The van der Waals surface area contributed by atoms with Gasteiger partial charge in [0.2, 0.25) is 0 Å². The first-order chi connectivity index (χ1) is 13.1. The number of carbonyl (C=O) groups excluding carboxylic acids is 1. The highest BCUT2D eigenvalue weighted by Crippen LogP contribution is 2.47. The van der Waals surface area contributed by atoms with Crippen LogP contribution < -0.4 is 0 Å². The van der Waals surface area contributed by atoms with Crippen molar-refractivity contribution in [3.8, 4) is 0 Å². The van der Waals surface area contributed by atoms with Gasteiger partial charge in [0.25, 0.3) is 5.91 Å². The van der Waals surface area contributed by atoms with Gasteiger partial charge < -0.3 is 10.0 Å². The van der Waals surface area contributed by atoms with E-state index in [0.717, 1.165) is 48.9 Å². The summed E-state index contributed by atoms with van der Waals surface area (Å²) in [6.45, 7) is 2.64. The molecule has 3 atom stereocenters. The lowest BCUT2D eigenvalue weighted by Crippen LogP contribution is -2.59. The van der Waals surface area contributed by atoms with Gasteiger partial charge >= 0.3 is 0 Å². The van der Waals surface area contributed by atoms with E-state index in [-0.39, 0.29) is 17.9 Å². The standard InChI is InChI=1S/C23H28N2O2/c1-2-19-16-17(12-14-24-19)22(26)25-15-13-23(27,18-8-4-3-5-9-18)20-10-6-7-11-21(20)25/h3-5,8-9,12,14,16,20-21,27H,2,6-7,10-11,13,15H2,1H3/t20-,21-,23+/m1/s1. The van der Waals surface area contributed by atoms with Crippen LogP contribution in [0.3, 0.4) is 0 Å². The SMILES string of the molecule is CCc1cc(C(=O)N2CC[C@](O)(c3ccccc3)[C@@H]3CCCC[C@H]32)ccn1. The van der Waals surface area contributed by atoms with Crippen molar-refractivity contribution in [3.05, 3.63) is 65.5 Å². The van der Waals surface area contributed by atoms with Crippen molar-refractivity contribution in [1.82, 2.24) is 9.88 Å². The summed E-state index contributed by atoms with van der Waals surface area (Å²) in [6.07, 6.45) is 7.32. The van der Waals surface area contributed by atoms with Crippen LogP contribution in [0, 0.1) is 5.92 Å². The molecule has 0 spiro atoms. The Morgan fingerprint density at radius 2 is 2.00 bits per heavy atom. The normalized spacial score (nSPS) is 27.9. The number of aryl methyl sites for hydroxylation is 1. The lowest BCUT2D eigenvalue weighted by molar-refractivity contribution is -0.110. The number of rotatable bonds is 3. The first-order valence-corrected chi connectivity index (χ1v) is 10.2. The van der Waals surface area contributed by atoms with E-state index in [1.165, 1.54) is 0 Å². The molecule has 1 aromatic carbocycles. The van der Waals surface area contributed by atoms with Gasteiger partial charge in [0.15, 0.2) is 0 Å². The molecule has 2 heterocycles. The second kappa shape index (κ2) is 7.43. The first-order valence-electron chi connectivity index (χ1n) is 10.2. The quantitative estimate of drug-likeness (QED) is 0.898. The Hall–Kier alpha value is -2.20. The lowest BCUT2D eigenvalue weighted by Gasteiger charge is -2.52. The topological polar surface area (TPSA) is 53.4 Å². The average molecular weight is 364 g/mol. The third-order valence-corrected chi connectivity index (χ3v) is 6.44. The number of hydrogen-bond acceptors (Lipinski definition) is 3. The van der Waals surface area contributed by atoms with Crippen LogP contribution in [0.4, 0.5) is 0 Å². The van der Waals surface area contributed by atoms with Crippen molar-refractivity contribution >= 4 is 5.91 Å². The summed E-state index contributed by atoms with van der Waals surface area (Å²) in [5.74, 6) is 0.179. The summed E-state index contributed by atoms with van der Waals surface area (Å²) in [4.78, 5) is 19.6. The van der Waals surface area contributed by atoms with E-state index < -0.39 is 5.60 Å². The number of amides is 1. The van der Waals surface area contributed by atoms with Crippen LogP contribution in [-0.4, -0.2) is 33.5 Å². The first kappa shape index (κ1) is 18.2. The van der Waals surface area contributed by atoms with Crippen molar-refractivity contribution in [3.63, 3.8) is 0 Å². The van der Waals surface area contributed by atoms with Crippen LogP contribution in [0.25, 0.3) is 0 Å². The van der Waals surface area contributed by atoms with E-state index in [9.17, 15) is 9.90 Å². The molecule has 2 aromatic rings. The van der Waals surface area contributed by atoms with Crippen LogP contribution in [-0.2, 0) is 12.0 Å². The summed E-state index contributed by atoms with van der Waals surface area (Å²) in [5.41, 5.74) is 1.82. The number of likely N-dealkylation sites (tertiary alicyclic amines) is 1. The van der Waals surface area contributed by atoms with Crippen LogP contribution in [0.1, 0.15) is 60.6 Å². The minimum atomic E-state index is -0.837. The molecule has 2 fully saturated rings. The van der Waals surface area contributed by atoms with Gasteiger partial charge in [-0.3, -0.25) is 9.78 Å². The minimum Gasteiger partial charge on any atom is -0.385 e. The Kier molecular flexibility index (Phi) is 5.00. The number of pyridine rings is 1. The molecular weight excluding hydrogens is 336 g/mol. The number of aromatic nitrogens is 1. The van der Waals surface area contributed by atoms with Crippen molar-refractivity contribution in [1.29, 1.82) is 0 Å². The second-order valence-corrected chi connectivity index (χ2v) is 7.89. The molecule has 0 unspecified atom stereocenters. The highest BCUT2D eigenvalue weighted by Gasteiger charge is 2.50. The number of fused-ring (bicyclic) bond motifs is 1. The maximum Gasteiger partial charge on any atom is 0.254 e. The number of hydrogen-bond donors (Lipinski definition) is 1. The van der Waals surface area contributed by atoms with E-state index in [2.05, 4.69) is 11.9 Å². The predicted molar refractivity (Wildman–Crippen MR) is 105 cm³/mol. The van der Waals surface area contributed by atoms with Crippen LogP contribution in [0.15, 0.2) is 48.7 Å². The summed E-state index contributed by atoms with van der Waals surface area (Å²) in [6, 6.07) is 13.9. The number of nitrogens with zero attached hydrogens (tertiary/aromatic N) is 2. The highest BCUT2D eigenvalue weighted by atomic mass is 16.3. The second-order valence-electron chi connectivity index (χ2n) is 7.89. The Labute approximate surface area is 161 Å². The fourth-order valence-corrected chi connectivity index (χ4v) is 4.99. The van der Waals surface area contributed by atoms with Gasteiger partial charge in [-0.05, 0) is 43.4 Å². The summed E-state index contributed by atoms with van der Waals surface area (Å²) >= 11 is 0. The molecule has 1 aliphatic carbocycles. The zero-order valence-corrected chi connectivity index (χ0v) is 16.0. The van der Waals surface area contributed by atoms with Gasteiger partial charge in [-0.2, -0.15) is 0 Å². The van der Waals surface area contributed by atoms with Gasteiger partial charge in [-0.1, -0.05) is 50.1 Å². The third-order valence-electron chi connectivity index (χ3n) is 6.44.